The second-order valence-corrected chi connectivity index (χ2v) is 5.87. The van der Waals surface area contributed by atoms with Crippen molar-refractivity contribution in [2.24, 2.45) is 5.73 Å². The van der Waals surface area contributed by atoms with Crippen LogP contribution < -0.4 is 5.73 Å². The Balaban J connectivity index is 3.15. The average Bonchev–Trinajstić information content (AvgIpc) is 2.18. The van der Waals surface area contributed by atoms with Crippen LogP contribution >= 0.6 is 0 Å². The van der Waals surface area contributed by atoms with E-state index in [2.05, 4.69) is 0 Å². The molecule has 78 valence electrons. The van der Waals surface area contributed by atoms with E-state index < -0.39 is 15.5 Å². The normalized spacial score (nSPS) is 19.5. The summed E-state index contributed by atoms with van der Waals surface area (Å²) < 4.78 is 30.2. The first-order valence-electron chi connectivity index (χ1n) is 3.84. The number of hydrogen-bond donors (Lipinski definition) is 3. The van der Waals surface area contributed by atoms with E-state index in [4.69, 9.17) is 5.73 Å². The third kappa shape index (κ3) is 2.06. The van der Waals surface area contributed by atoms with E-state index in [1.54, 1.807) is 5.94 Å². The van der Waals surface area contributed by atoms with Gasteiger partial charge in [0.2, 0.25) is 0 Å². The van der Waals surface area contributed by atoms with E-state index in [0.29, 0.717) is 0 Å². The molecule has 5 nitrogen and oxygen atoms in total. The Morgan fingerprint density at radius 1 is 1.57 bits per heavy atom. The predicted octanol–water partition coefficient (Wildman–Crippen LogP) is 0.271. The highest BCUT2D eigenvalue weighted by Crippen LogP contribution is 2.32. The molecule has 0 radical (unpaired) electrons. The van der Waals surface area contributed by atoms with Crippen LogP contribution in [-0.4, -0.2) is 25.1 Å². The molecule has 0 saturated heterocycles. The van der Waals surface area contributed by atoms with Gasteiger partial charge in [-0.05, 0) is 12.2 Å². The van der Waals surface area contributed by atoms with Gasteiger partial charge in [-0.25, -0.2) is 9.00 Å². The molecule has 6 heteroatoms. The van der Waals surface area contributed by atoms with Gasteiger partial charge in [0.15, 0.2) is 0 Å². The Hall–Kier alpha value is -1.04. The maximum atomic E-state index is 11.5. The first-order chi connectivity index (χ1) is 6.37. The SMILES string of the molecule is NCS(=O)(O)(O)C1=CC=CC(=C=O)C1. The Kier molecular flexibility index (Phi) is 2.58. The van der Waals surface area contributed by atoms with Crippen molar-refractivity contribution in [1.29, 1.82) is 0 Å². The molecule has 0 atom stereocenters. The monoisotopic (exact) mass is 217 g/mol. The van der Waals surface area contributed by atoms with Gasteiger partial charge in [0.05, 0.1) is 5.88 Å². The molecule has 1 aliphatic carbocycles. The van der Waals surface area contributed by atoms with Crippen molar-refractivity contribution < 1.29 is 18.1 Å². The summed E-state index contributed by atoms with van der Waals surface area (Å²) in [5, 5.41) is 0. The first kappa shape index (κ1) is 11.0. The number of nitrogens with two attached hydrogens (primary N) is 1. The summed E-state index contributed by atoms with van der Waals surface area (Å²) in [5.41, 5.74) is 5.23. The Morgan fingerprint density at radius 2 is 2.21 bits per heavy atom. The summed E-state index contributed by atoms with van der Waals surface area (Å²) in [6.45, 7) is 0. The van der Waals surface area contributed by atoms with Crippen molar-refractivity contribution in [3.05, 3.63) is 28.7 Å². The lowest BCUT2D eigenvalue weighted by Gasteiger charge is -2.32. The molecule has 0 aliphatic heterocycles. The molecule has 0 spiro atoms. The molecule has 0 aromatic carbocycles. The van der Waals surface area contributed by atoms with Crippen LogP contribution in [-0.2, 0) is 14.4 Å². The maximum Gasteiger partial charge on any atom is 0.128 e. The van der Waals surface area contributed by atoms with Crippen LogP contribution in [0.3, 0.4) is 0 Å². The minimum atomic E-state index is -4.91. The fourth-order valence-corrected chi connectivity index (χ4v) is 2.05. The van der Waals surface area contributed by atoms with Gasteiger partial charge in [0.25, 0.3) is 0 Å². The van der Waals surface area contributed by atoms with E-state index in [-0.39, 0.29) is 16.9 Å². The first-order valence-corrected chi connectivity index (χ1v) is 5.89. The molecular formula is C8H11NO4S. The van der Waals surface area contributed by atoms with Gasteiger partial charge >= 0.3 is 0 Å². The lowest BCUT2D eigenvalue weighted by molar-refractivity contribution is 0.399. The van der Waals surface area contributed by atoms with Crippen LogP contribution in [0.15, 0.2) is 28.7 Å². The summed E-state index contributed by atoms with van der Waals surface area (Å²) in [6, 6.07) is 0. The zero-order valence-corrected chi connectivity index (χ0v) is 8.16. The van der Waals surface area contributed by atoms with Crippen molar-refractivity contribution >= 4 is 15.6 Å². The Morgan fingerprint density at radius 3 is 2.71 bits per heavy atom. The predicted molar refractivity (Wildman–Crippen MR) is 53.5 cm³/mol. The molecule has 0 fully saturated rings. The molecule has 4 N–H and O–H groups in total. The van der Waals surface area contributed by atoms with Crippen LogP contribution in [0.25, 0.3) is 0 Å². The van der Waals surface area contributed by atoms with Crippen molar-refractivity contribution in [1.82, 2.24) is 0 Å². The smallest absolute Gasteiger partial charge is 0.128 e. The van der Waals surface area contributed by atoms with Gasteiger partial charge in [-0.1, -0.05) is 6.08 Å². The second kappa shape index (κ2) is 3.27. The van der Waals surface area contributed by atoms with Crippen molar-refractivity contribution in [2.75, 3.05) is 5.88 Å². The fraction of sp³-hybridized carbons (Fsp3) is 0.250. The van der Waals surface area contributed by atoms with Crippen LogP contribution in [0.2, 0.25) is 0 Å². The van der Waals surface area contributed by atoms with Gasteiger partial charge in [0, 0.05) is 16.9 Å². The summed E-state index contributed by atoms with van der Waals surface area (Å²) in [6.07, 6.45) is 4.03. The van der Waals surface area contributed by atoms with E-state index in [9.17, 15) is 18.1 Å². The average molecular weight is 217 g/mol. The van der Waals surface area contributed by atoms with E-state index >= 15 is 0 Å². The van der Waals surface area contributed by atoms with Crippen molar-refractivity contribution in [3.63, 3.8) is 0 Å². The summed E-state index contributed by atoms with van der Waals surface area (Å²) >= 11 is 0. The van der Waals surface area contributed by atoms with Crippen molar-refractivity contribution in [3.8, 4) is 0 Å². The van der Waals surface area contributed by atoms with Crippen LogP contribution in [0.4, 0.5) is 0 Å². The van der Waals surface area contributed by atoms with Gasteiger partial charge in [0.1, 0.15) is 15.6 Å². The molecule has 0 bridgehead atoms. The van der Waals surface area contributed by atoms with Gasteiger partial charge in [-0.2, -0.15) is 0 Å². The van der Waals surface area contributed by atoms with Crippen LogP contribution in [0.1, 0.15) is 6.42 Å². The molecular weight excluding hydrogens is 206 g/mol. The fourth-order valence-electron chi connectivity index (χ4n) is 1.04. The minimum absolute atomic E-state index is 0.102. The topological polar surface area (TPSA) is 101 Å². The van der Waals surface area contributed by atoms with Gasteiger partial charge in [-0.15, -0.1) is 0 Å². The van der Waals surface area contributed by atoms with Gasteiger partial charge in [-0.3, -0.25) is 0 Å². The van der Waals surface area contributed by atoms with Crippen molar-refractivity contribution in [2.45, 2.75) is 6.42 Å². The maximum absolute atomic E-state index is 11.5. The van der Waals surface area contributed by atoms with E-state index in [1.165, 1.54) is 18.2 Å². The summed E-state index contributed by atoms with van der Waals surface area (Å²) in [5.74, 6) is 0.827. The number of hydrogen-bond acceptors (Lipinski definition) is 3. The molecule has 0 unspecified atom stereocenters. The highest BCUT2D eigenvalue weighted by molar-refractivity contribution is 8.13. The Labute approximate surface area is 81.0 Å². The number of rotatable bonds is 2. The third-order valence-electron chi connectivity index (χ3n) is 1.90. The second-order valence-electron chi connectivity index (χ2n) is 2.98. The van der Waals surface area contributed by atoms with E-state index in [1.807, 2.05) is 0 Å². The molecule has 0 aromatic rings. The Bertz CT molecular complexity index is 423. The lowest BCUT2D eigenvalue weighted by atomic mass is 10.1. The molecule has 1 aliphatic rings. The summed E-state index contributed by atoms with van der Waals surface area (Å²) in [7, 11) is -4.91. The van der Waals surface area contributed by atoms with Crippen LogP contribution in [0.5, 0.6) is 0 Å². The highest BCUT2D eigenvalue weighted by atomic mass is 32.3. The molecule has 0 aromatic heterocycles. The van der Waals surface area contributed by atoms with Gasteiger partial charge < -0.3 is 14.8 Å². The standard InChI is InChI=1S/C8H11NO4S/c9-6-14(11,12,13)8-3-1-2-7(4-8)5-10/h1-3H,4,6,9H2,(H2,11,12,13). The zero-order valence-electron chi connectivity index (χ0n) is 7.34. The molecule has 0 saturated carbocycles. The molecule has 0 heterocycles. The molecule has 14 heavy (non-hydrogen) atoms. The third-order valence-corrected chi connectivity index (χ3v) is 3.84. The number of allylic oxidation sites excluding steroid dienone is 5. The molecule has 0 amide bonds. The largest absolute Gasteiger partial charge is 0.317 e. The minimum Gasteiger partial charge on any atom is -0.317 e. The van der Waals surface area contributed by atoms with Crippen LogP contribution in [0, 0.1) is 0 Å². The lowest BCUT2D eigenvalue weighted by Crippen LogP contribution is -2.41. The number of carbonyl (C=O) groups excluding carboxylic acids is 1. The zero-order chi connectivity index (χ0) is 10.8. The quantitative estimate of drug-likeness (QED) is 0.576. The molecule has 1 rings (SSSR count). The summed E-state index contributed by atoms with van der Waals surface area (Å²) in [4.78, 5) is 10.2. The van der Waals surface area contributed by atoms with E-state index in [0.717, 1.165) is 0 Å². The highest BCUT2D eigenvalue weighted by Gasteiger charge is 2.34.